The van der Waals surface area contributed by atoms with E-state index < -0.39 is 26.8 Å². The first kappa shape index (κ1) is 49.7. The van der Waals surface area contributed by atoms with Gasteiger partial charge in [-0.05, 0) is 121 Å². The van der Waals surface area contributed by atoms with E-state index >= 15 is 0 Å². The summed E-state index contributed by atoms with van der Waals surface area (Å²) < 4.78 is 65.6. The molecule has 2 aliphatic rings. The van der Waals surface area contributed by atoms with Crippen molar-refractivity contribution >= 4 is 9.84 Å². The van der Waals surface area contributed by atoms with Gasteiger partial charge in [-0.3, -0.25) is 0 Å². The van der Waals surface area contributed by atoms with E-state index in [0.717, 1.165) is 61.6 Å². The van der Waals surface area contributed by atoms with Crippen molar-refractivity contribution in [2.45, 2.75) is 172 Å². The van der Waals surface area contributed by atoms with Crippen molar-refractivity contribution in [3.8, 4) is 5.75 Å². The predicted octanol–water partition coefficient (Wildman–Crippen LogP) is 13.7. The summed E-state index contributed by atoms with van der Waals surface area (Å²) in [4.78, 5) is -0.332. The van der Waals surface area contributed by atoms with Crippen molar-refractivity contribution in [2.24, 2.45) is 0 Å². The summed E-state index contributed by atoms with van der Waals surface area (Å²) in [5.74, 6) is -1.67. The lowest BCUT2D eigenvalue weighted by Gasteiger charge is -2.37. The highest BCUT2D eigenvalue weighted by Gasteiger charge is 2.36. The van der Waals surface area contributed by atoms with E-state index in [-0.39, 0.29) is 28.7 Å². The highest BCUT2D eigenvalue weighted by molar-refractivity contribution is 7.91. The summed E-state index contributed by atoms with van der Waals surface area (Å²) in [6.07, 6.45) is 8.44. The molecule has 326 valence electrons. The molecule has 59 heavy (non-hydrogen) atoms. The zero-order chi connectivity index (χ0) is 44.1. The fraction of sp³-hybridized carbons (Fsp3) is 0.520. The van der Waals surface area contributed by atoms with Crippen LogP contribution in [0, 0.1) is 5.82 Å². The fourth-order valence-electron chi connectivity index (χ4n) is 7.05. The van der Waals surface area contributed by atoms with Gasteiger partial charge in [0.05, 0.1) is 22.2 Å². The largest absolute Gasteiger partial charge is 0.488 e. The number of benzene rings is 4. The molecular weight excluding hydrogens is 770 g/mol. The van der Waals surface area contributed by atoms with Crippen LogP contribution in [0.2, 0.25) is 0 Å². The maximum absolute atomic E-state index is 13.8. The zero-order valence-electron chi connectivity index (χ0n) is 36.9. The smallest absolute Gasteiger partial charge is 0.341 e. The van der Waals surface area contributed by atoms with Crippen molar-refractivity contribution in [1.82, 2.24) is 0 Å². The molecule has 0 aliphatic heterocycles. The molecule has 0 unspecified atom stereocenters. The van der Waals surface area contributed by atoms with Crippen LogP contribution in [0.15, 0.2) is 95.9 Å². The van der Waals surface area contributed by atoms with E-state index in [4.69, 9.17) is 4.74 Å². The highest BCUT2D eigenvalue weighted by atomic mass is 32.2. The van der Waals surface area contributed by atoms with Crippen molar-refractivity contribution in [3.05, 3.63) is 130 Å². The molecule has 2 aliphatic carbocycles. The number of ether oxygens (including phenoxy) is 1. The summed E-state index contributed by atoms with van der Waals surface area (Å²) in [5.41, 5.74) is 5.47. The lowest BCUT2D eigenvalue weighted by atomic mass is 9.75. The van der Waals surface area contributed by atoms with E-state index in [0.29, 0.717) is 23.1 Å². The van der Waals surface area contributed by atoms with E-state index in [9.17, 15) is 31.8 Å². The third-order valence-electron chi connectivity index (χ3n) is 11.2. The number of rotatable bonds is 10. The van der Waals surface area contributed by atoms with Crippen LogP contribution in [-0.4, -0.2) is 30.5 Å². The van der Waals surface area contributed by atoms with Crippen LogP contribution < -0.4 is 4.74 Å². The van der Waals surface area contributed by atoms with E-state index in [2.05, 4.69) is 76.2 Å². The number of hydrogen-bond donors (Lipinski definition) is 2. The first-order chi connectivity index (χ1) is 27.6. The molecule has 5 nitrogen and oxygen atoms in total. The van der Waals surface area contributed by atoms with Gasteiger partial charge in [-0.25, -0.2) is 12.8 Å². The summed E-state index contributed by atoms with van der Waals surface area (Å²) in [6, 6.07) is 27.8. The van der Waals surface area contributed by atoms with Crippen LogP contribution in [0.3, 0.4) is 0 Å². The lowest BCUT2D eigenvalue weighted by Crippen LogP contribution is -2.33. The van der Waals surface area contributed by atoms with Gasteiger partial charge in [0.15, 0.2) is 11.6 Å². The number of aliphatic hydroxyl groups is 2. The quantitative estimate of drug-likeness (QED) is 0.166. The topological polar surface area (TPSA) is 83.8 Å². The van der Waals surface area contributed by atoms with Gasteiger partial charge in [-0.15, -0.1) is 0 Å². The van der Waals surface area contributed by atoms with Gasteiger partial charge >= 0.3 is 5.76 Å². The Labute approximate surface area is 353 Å². The van der Waals surface area contributed by atoms with Crippen LogP contribution in [0.5, 0.6) is 5.75 Å². The number of sulfone groups is 1. The molecule has 0 aromatic heterocycles. The second-order valence-electron chi connectivity index (χ2n) is 17.5. The standard InChI is InChI=1S/C15H22O.C13H18O.C12H17FO.C10H12F2O2S/c1-12(2)13-6-8-14(9-7-13)15(16)10-4-3-5-11-15;1-10(2)11-4-6-12(7-5-11)13(14)8-3-9-13;1-8(2)10-6-5-7-11(12(10)13)14-9(3)4;1-7(2)8-3-5-9(6-4-8)15(13,14)10(11)12/h6-9,12,16H,3-5,10-11H2,1-2H3;4-7,10,14H,3,8-9H2,1-2H3;5-9H,1-4H3;3-7,10H,1-2H3. The van der Waals surface area contributed by atoms with Gasteiger partial charge in [0.25, 0.3) is 0 Å². The Hall–Kier alpha value is -3.66. The molecule has 0 radical (unpaired) electrons. The molecule has 0 spiro atoms. The minimum Gasteiger partial charge on any atom is -0.488 e. The van der Waals surface area contributed by atoms with E-state index in [1.54, 1.807) is 24.3 Å². The summed E-state index contributed by atoms with van der Waals surface area (Å²) in [6.45, 7) is 20.4. The lowest BCUT2D eigenvalue weighted by molar-refractivity contribution is -0.0388. The van der Waals surface area contributed by atoms with Crippen molar-refractivity contribution in [2.75, 3.05) is 0 Å². The van der Waals surface area contributed by atoms with Crippen molar-refractivity contribution in [1.29, 1.82) is 0 Å². The van der Waals surface area contributed by atoms with Crippen molar-refractivity contribution < 1.29 is 36.5 Å². The Morgan fingerprint density at radius 3 is 1.25 bits per heavy atom. The average Bonchev–Trinajstić information content (AvgIpc) is 3.18. The molecule has 9 heteroatoms. The van der Waals surface area contributed by atoms with Crippen LogP contribution in [-0.2, 0) is 21.0 Å². The van der Waals surface area contributed by atoms with E-state index in [1.807, 2.05) is 47.6 Å². The molecule has 0 bridgehead atoms. The van der Waals surface area contributed by atoms with Gasteiger partial charge in [-0.2, -0.15) is 8.78 Å². The molecule has 6 rings (SSSR count). The Morgan fingerprint density at radius 2 is 0.932 bits per heavy atom. The second kappa shape index (κ2) is 22.3. The summed E-state index contributed by atoms with van der Waals surface area (Å²) >= 11 is 0. The minimum atomic E-state index is -4.45. The van der Waals surface area contributed by atoms with Gasteiger partial charge in [-0.1, -0.05) is 147 Å². The Morgan fingerprint density at radius 1 is 0.542 bits per heavy atom. The summed E-state index contributed by atoms with van der Waals surface area (Å²) in [7, 11) is -4.45. The molecule has 4 aromatic rings. The fourth-order valence-corrected chi connectivity index (χ4v) is 7.77. The number of alkyl halides is 2. The highest BCUT2D eigenvalue weighted by Crippen LogP contribution is 2.41. The minimum absolute atomic E-state index is 0.00640. The summed E-state index contributed by atoms with van der Waals surface area (Å²) in [5, 5.41) is 20.7. The van der Waals surface area contributed by atoms with Gasteiger partial charge < -0.3 is 14.9 Å². The Balaban J connectivity index is 0.000000211. The van der Waals surface area contributed by atoms with Gasteiger partial charge in [0.1, 0.15) is 0 Å². The first-order valence-electron chi connectivity index (χ1n) is 21.3. The average molecular weight is 839 g/mol. The molecule has 2 N–H and O–H groups in total. The Kier molecular flexibility index (Phi) is 18.8. The van der Waals surface area contributed by atoms with Crippen LogP contribution in [0.4, 0.5) is 13.2 Å². The predicted molar refractivity (Wildman–Crippen MR) is 236 cm³/mol. The monoisotopic (exact) mass is 838 g/mol. The first-order valence-corrected chi connectivity index (χ1v) is 22.9. The molecule has 0 atom stereocenters. The maximum atomic E-state index is 13.8. The zero-order valence-corrected chi connectivity index (χ0v) is 37.8. The number of hydrogen-bond acceptors (Lipinski definition) is 5. The maximum Gasteiger partial charge on any atom is 0.341 e. The molecule has 0 heterocycles. The third kappa shape index (κ3) is 14.2. The number of halogens is 3. The van der Waals surface area contributed by atoms with Gasteiger partial charge in [0, 0.05) is 0 Å². The van der Waals surface area contributed by atoms with Crippen molar-refractivity contribution in [3.63, 3.8) is 0 Å². The van der Waals surface area contributed by atoms with Crippen LogP contribution >= 0.6 is 0 Å². The molecule has 2 saturated carbocycles. The molecule has 2 fully saturated rings. The van der Waals surface area contributed by atoms with Crippen LogP contribution in [0.25, 0.3) is 0 Å². The molecule has 4 aromatic carbocycles. The van der Waals surface area contributed by atoms with Crippen LogP contribution in [0.1, 0.15) is 178 Å². The van der Waals surface area contributed by atoms with Gasteiger partial charge in [0.2, 0.25) is 9.84 Å². The second-order valence-corrected chi connectivity index (χ2v) is 19.5. The molecule has 0 amide bonds. The normalized spacial score (nSPS) is 15.8. The molecule has 0 saturated heterocycles. The third-order valence-corrected chi connectivity index (χ3v) is 12.6. The van der Waals surface area contributed by atoms with E-state index in [1.165, 1.54) is 29.7 Å². The SMILES string of the molecule is CC(C)Oc1cccc(C(C)C)c1F.CC(C)c1ccc(C2(O)CCC2)cc1.CC(C)c1ccc(C2(O)CCCCC2)cc1.CC(C)c1ccc(S(=O)(=O)C(F)F)cc1. The molecular formula is C50H69F3O5S. The Bertz CT molecular complexity index is 1940.